The van der Waals surface area contributed by atoms with Gasteiger partial charge in [-0.2, -0.15) is 8.42 Å². The molecule has 1 aliphatic heterocycles. The first kappa shape index (κ1) is 21.1. The van der Waals surface area contributed by atoms with Crippen molar-refractivity contribution in [2.75, 3.05) is 19.4 Å². The third-order valence-corrected chi connectivity index (χ3v) is 5.41. The number of aliphatic imine (C=N–C) groups is 1. The standard InChI is InChI=1S/C16H15BrClN5O5S/c1-23(2)16(25)12-10(17)3-4-11(13(12)24)20-15-14(21-29(26,27)22-15)19-6-9-5-8(18)7-28-9/h3-5,7,24H,6H2,1-2H3,(H,19,21)(H,20,22). The first-order valence-corrected chi connectivity index (χ1v) is 10.6. The molecule has 0 saturated carbocycles. The second-order valence-corrected chi connectivity index (χ2v) is 8.68. The summed E-state index contributed by atoms with van der Waals surface area (Å²) >= 11 is 9.00. The summed E-state index contributed by atoms with van der Waals surface area (Å²) in [6, 6.07) is 4.54. The van der Waals surface area contributed by atoms with Gasteiger partial charge >= 0.3 is 10.2 Å². The highest BCUT2D eigenvalue weighted by atomic mass is 79.9. The lowest BCUT2D eigenvalue weighted by Gasteiger charge is -2.16. The smallest absolute Gasteiger partial charge is 0.345 e. The molecule has 13 heteroatoms. The highest BCUT2D eigenvalue weighted by molar-refractivity contribution is 9.10. The van der Waals surface area contributed by atoms with Crippen molar-refractivity contribution in [2.24, 2.45) is 9.39 Å². The lowest BCUT2D eigenvalue weighted by Crippen LogP contribution is -2.30. The summed E-state index contributed by atoms with van der Waals surface area (Å²) in [4.78, 5) is 17.8. The Hall–Kier alpha value is -2.57. The van der Waals surface area contributed by atoms with Gasteiger partial charge in [0.1, 0.15) is 12.0 Å². The molecule has 0 aliphatic carbocycles. The van der Waals surface area contributed by atoms with E-state index >= 15 is 0 Å². The molecular weight excluding hydrogens is 490 g/mol. The molecule has 0 saturated heterocycles. The molecule has 0 bridgehead atoms. The van der Waals surface area contributed by atoms with Crippen LogP contribution in [-0.4, -0.2) is 50.1 Å². The van der Waals surface area contributed by atoms with Crippen LogP contribution in [0.25, 0.3) is 0 Å². The van der Waals surface area contributed by atoms with E-state index in [4.69, 9.17) is 16.0 Å². The van der Waals surface area contributed by atoms with Crippen LogP contribution in [0.2, 0.25) is 5.02 Å². The van der Waals surface area contributed by atoms with E-state index in [-0.39, 0.29) is 35.2 Å². The van der Waals surface area contributed by atoms with E-state index in [1.807, 2.05) is 0 Å². The molecule has 29 heavy (non-hydrogen) atoms. The number of nitrogens with one attached hydrogen (secondary N) is 2. The Labute approximate surface area is 179 Å². The normalized spacial score (nSPS) is 16.4. The molecule has 0 radical (unpaired) electrons. The predicted octanol–water partition coefficient (Wildman–Crippen LogP) is 2.36. The third-order valence-electron chi connectivity index (χ3n) is 3.68. The lowest BCUT2D eigenvalue weighted by atomic mass is 10.1. The minimum absolute atomic E-state index is 0.00194. The van der Waals surface area contributed by atoms with Gasteiger partial charge in [-0.25, -0.2) is 4.72 Å². The van der Waals surface area contributed by atoms with Gasteiger partial charge in [-0.1, -0.05) is 11.6 Å². The predicted molar refractivity (Wildman–Crippen MR) is 112 cm³/mol. The van der Waals surface area contributed by atoms with Crippen molar-refractivity contribution in [3.63, 3.8) is 0 Å². The van der Waals surface area contributed by atoms with Gasteiger partial charge in [-0.15, -0.1) is 4.40 Å². The second-order valence-electron chi connectivity index (χ2n) is 6.06. The Morgan fingerprint density at radius 2 is 2.17 bits per heavy atom. The average molecular weight is 505 g/mol. The highest BCUT2D eigenvalue weighted by Crippen LogP contribution is 2.34. The summed E-state index contributed by atoms with van der Waals surface area (Å²) in [6.45, 7) is 0.00194. The topological polar surface area (TPSA) is 137 Å². The zero-order valence-corrected chi connectivity index (χ0v) is 18.3. The maximum absolute atomic E-state index is 12.3. The van der Waals surface area contributed by atoms with Crippen molar-refractivity contribution in [3.05, 3.63) is 45.3 Å². The number of phenolic OH excluding ortho intramolecular Hbond substituents is 1. The number of nitrogens with zero attached hydrogens (tertiary/aromatic N) is 3. The maximum atomic E-state index is 12.3. The van der Waals surface area contributed by atoms with Crippen molar-refractivity contribution in [1.29, 1.82) is 0 Å². The van der Waals surface area contributed by atoms with Crippen LogP contribution < -0.4 is 10.0 Å². The molecule has 1 aromatic carbocycles. The molecule has 154 valence electrons. The third kappa shape index (κ3) is 4.71. The van der Waals surface area contributed by atoms with E-state index in [9.17, 15) is 18.3 Å². The fourth-order valence-electron chi connectivity index (χ4n) is 2.36. The van der Waals surface area contributed by atoms with Crippen LogP contribution in [0.3, 0.4) is 0 Å². The number of amidine groups is 2. The molecule has 1 amide bonds. The summed E-state index contributed by atoms with van der Waals surface area (Å²) in [5.41, 5.74) is 0.0860. The van der Waals surface area contributed by atoms with Crippen molar-refractivity contribution < 1.29 is 22.7 Å². The fourth-order valence-corrected chi connectivity index (χ4v) is 3.84. The number of furan rings is 1. The highest BCUT2D eigenvalue weighted by Gasteiger charge is 2.28. The molecule has 0 fully saturated rings. The van der Waals surface area contributed by atoms with E-state index < -0.39 is 16.1 Å². The Morgan fingerprint density at radius 3 is 2.79 bits per heavy atom. The summed E-state index contributed by atoms with van der Waals surface area (Å²) < 4.78 is 35.0. The average Bonchev–Trinajstić information content (AvgIpc) is 3.17. The van der Waals surface area contributed by atoms with Gasteiger partial charge in [-0.3, -0.25) is 9.79 Å². The minimum atomic E-state index is -4.00. The Kier molecular flexibility index (Phi) is 5.87. The van der Waals surface area contributed by atoms with Crippen molar-refractivity contribution >= 4 is 61.0 Å². The van der Waals surface area contributed by atoms with Crippen LogP contribution in [-0.2, 0) is 16.8 Å². The minimum Gasteiger partial charge on any atom is -0.505 e. The van der Waals surface area contributed by atoms with Gasteiger partial charge < -0.3 is 19.7 Å². The van der Waals surface area contributed by atoms with E-state index in [2.05, 4.69) is 35.4 Å². The molecular formula is C16H15BrClN5O5S. The van der Waals surface area contributed by atoms with E-state index in [1.54, 1.807) is 6.07 Å². The van der Waals surface area contributed by atoms with Crippen molar-refractivity contribution in [3.8, 4) is 5.75 Å². The molecule has 2 aromatic rings. The summed E-state index contributed by atoms with van der Waals surface area (Å²) in [6.07, 6.45) is 1.33. The molecule has 10 nitrogen and oxygen atoms in total. The van der Waals surface area contributed by atoms with Crippen LogP contribution in [0.5, 0.6) is 5.75 Å². The Balaban J connectivity index is 1.93. The summed E-state index contributed by atoms with van der Waals surface area (Å²) in [7, 11) is -0.924. The van der Waals surface area contributed by atoms with Crippen LogP contribution >= 0.6 is 27.5 Å². The zero-order chi connectivity index (χ0) is 21.3. The Morgan fingerprint density at radius 1 is 1.45 bits per heavy atom. The zero-order valence-electron chi connectivity index (χ0n) is 15.1. The van der Waals surface area contributed by atoms with Gasteiger partial charge in [0.05, 0.1) is 22.8 Å². The first-order chi connectivity index (χ1) is 13.6. The number of rotatable bonds is 4. The number of anilines is 1. The van der Waals surface area contributed by atoms with Crippen LogP contribution in [0.15, 0.2) is 42.7 Å². The molecule has 3 N–H and O–H groups in total. The van der Waals surface area contributed by atoms with E-state index in [1.165, 1.54) is 37.4 Å². The maximum Gasteiger partial charge on any atom is 0.345 e. The summed E-state index contributed by atoms with van der Waals surface area (Å²) in [5.74, 6) is -0.634. The lowest BCUT2D eigenvalue weighted by molar-refractivity contribution is 0.0824. The van der Waals surface area contributed by atoms with Gasteiger partial charge in [0, 0.05) is 24.6 Å². The number of halogens is 2. The van der Waals surface area contributed by atoms with Gasteiger partial charge in [0.2, 0.25) is 0 Å². The molecule has 0 atom stereocenters. The van der Waals surface area contributed by atoms with Crippen LogP contribution in [0.1, 0.15) is 16.1 Å². The van der Waals surface area contributed by atoms with Crippen molar-refractivity contribution in [1.82, 2.24) is 9.62 Å². The SMILES string of the molecule is CN(C)C(=O)c1c(Br)ccc(NC2=NS(=O)(=O)NC2=NCc2cc(Cl)co2)c1O. The number of phenols is 1. The number of carbonyl (C=O) groups is 1. The molecule has 1 aliphatic rings. The van der Waals surface area contributed by atoms with Gasteiger partial charge in [0.25, 0.3) is 5.91 Å². The number of aromatic hydroxyl groups is 1. The number of hydrogen-bond donors (Lipinski definition) is 3. The van der Waals surface area contributed by atoms with E-state index in [0.717, 1.165) is 0 Å². The molecule has 0 spiro atoms. The second kappa shape index (κ2) is 8.05. The number of benzene rings is 1. The monoisotopic (exact) mass is 503 g/mol. The fraction of sp³-hybridized carbons (Fsp3) is 0.188. The summed E-state index contributed by atoms with van der Waals surface area (Å²) in [5, 5.41) is 13.6. The molecule has 2 heterocycles. The quantitative estimate of drug-likeness (QED) is 0.547. The van der Waals surface area contributed by atoms with Gasteiger partial charge in [-0.05, 0) is 28.1 Å². The van der Waals surface area contributed by atoms with Crippen molar-refractivity contribution in [2.45, 2.75) is 6.54 Å². The van der Waals surface area contributed by atoms with Crippen LogP contribution in [0.4, 0.5) is 5.69 Å². The number of amides is 1. The number of hydrogen-bond acceptors (Lipinski definition) is 7. The largest absolute Gasteiger partial charge is 0.505 e. The van der Waals surface area contributed by atoms with E-state index in [0.29, 0.717) is 15.3 Å². The first-order valence-electron chi connectivity index (χ1n) is 7.98. The Bertz CT molecular complexity index is 1140. The number of carbonyl (C=O) groups excluding carboxylic acids is 1. The van der Waals surface area contributed by atoms with Gasteiger partial charge in [0.15, 0.2) is 17.4 Å². The van der Waals surface area contributed by atoms with Crippen LogP contribution in [0, 0.1) is 0 Å². The molecule has 1 aromatic heterocycles. The molecule has 3 rings (SSSR count). The molecule has 0 unspecified atom stereocenters.